The van der Waals surface area contributed by atoms with Crippen LogP contribution < -0.4 is 5.32 Å². The van der Waals surface area contributed by atoms with Gasteiger partial charge >= 0.3 is 0 Å². The van der Waals surface area contributed by atoms with Gasteiger partial charge in [-0.05, 0) is 26.8 Å². The minimum atomic E-state index is -0.0953. The molecule has 0 saturated heterocycles. The molecule has 0 atom stereocenters. The number of carbonyl (C=O) groups excluding carboxylic acids is 1. The molecule has 8 heteroatoms. The summed E-state index contributed by atoms with van der Waals surface area (Å²) in [4.78, 5) is 17.3. The van der Waals surface area contributed by atoms with Crippen LogP contribution >= 0.6 is 23.1 Å². The van der Waals surface area contributed by atoms with Gasteiger partial charge in [-0.2, -0.15) is 0 Å². The quantitative estimate of drug-likeness (QED) is 0.666. The zero-order chi connectivity index (χ0) is 17.8. The Morgan fingerprint density at radius 2 is 2.16 bits per heavy atom. The van der Waals surface area contributed by atoms with E-state index in [1.54, 1.807) is 6.20 Å². The summed E-state index contributed by atoms with van der Waals surface area (Å²) >= 11 is 2.84. The average molecular weight is 374 g/mol. The molecule has 25 heavy (non-hydrogen) atoms. The van der Waals surface area contributed by atoms with Crippen LogP contribution in [-0.4, -0.2) is 31.4 Å². The van der Waals surface area contributed by atoms with Gasteiger partial charge in [-0.1, -0.05) is 35.5 Å². The number of aryl methyl sites for hydroxylation is 2. The third-order valence-corrected chi connectivity index (χ3v) is 5.30. The normalized spacial score (nSPS) is 10.8. The Kier molecular flexibility index (Phi) is 5.50. The van der Waals surface area contributed by atoms with Crippen molar-refractivity contribution in [2.45, 2.75) is 32.5 Å². The van der Waals surface area contributed by atoms with E-state index in [0.717, 1.165) is 28.0 Å². The summed E-state index contributed by atoms with van der Waals surface area (Å²) in [6.07, 6.45) is 1.75. The lowest BCUT2D eigenvalue weighted by Gasteiger charge is -2.07. The number of anilines is 1. The lowest BCUT2D eigenvalue weighted by Crippen LogP contribution is -2.14. The van der Waals surface area contributed by atoms with Crippen LogP contribution in [0.1, 0.15) is 17.4 Å². The summed E-state index contributed by atoms with van der Waals surface area (Å²) < 4.78 is 2.03. The molecule has 1 aromatic carbocycles. The molecule has 0 bridgehead atoms. The molecule has 0 spiro atoms. The molecule has 6 nitrogen and oxygen atoms in total. The number of benzene rings is 1. The first kappa shape index (κ1) is 17.6. The first-order valence-electron chi connectivity index (χ1n) is 7.92. The third-order valence-electron chi connectivity index (χ3n) is 3.51. The summed E-state index contributed by atoms with van der Waals surface area (Å²) in [6, 6.07) is 8.17. The number of carbonyl (C=O) groups is 1. The fraction of sp³-hybridized carbons (Fsp3) is 0.294. The smallest absolute Gasteiger partial charge is 0.236 e. The van der Waals surface area contributed by atoms with Gasteiger partial charge in [0.2, 0.25) is 5.91 Å². The van der Waals surface area contributed by atoms with Gasteiger partial charge < -0.3 is 9.88 Å². The van der Waals surface area contributed by atoms with E-state index >= 15 is 0 Å². The average Bonchev–Trinajstić information content (AvgIpc) is 3.18. The van der Waals surface area contributed by atoms with Gasteiger partial charge in [0.25, 0.3) is 0 Å². The summed E-state index contributed by atoms with van der Waals surface area (Å²) in [5.41, 5.74) is 2.21. The molecule has 0 aliphatic carbocycles. The number of thiazole rings is 1. The molecule has 2 heterocycles. The van der Waals surface area contributed by atoms with Crippen LogP contribution in [-0.2, 0) is 11.3 Å². The van der Waals surface area contributed by atoms with Crippen LogP contribution in [0.2, 0.25) is 0 Å². The summed E-state index contributed by atoms with van der Waals surface area (Å²) in [5.74, 6) is 0.997. The number of aromatic nitrogens is 4. The molecule has 0 fully saturated rings. The van der Waals surface area contributed by atoms with Gasteiger partial charge in [0.1, 0.15) is 0 Å². The first-order valence-corrected chi connectivity index (χ1v) is 9.72. The molecule has 0 saturated carbocycles. The minimum absolute atomic E-state index is 0.0953. The topological polar surface area (TPSA) is 72.7 Å². The van der Waals surface area contributed by atoms with Crippen molar-refractivity contribution < 1.29 is 4.79 Å². The summed E-state index contributed by atoms with van der Waals surface area (Å²) in [6.45, 7) is 6.80. The fourth-order valence-electron chi connectivity index (χ4n) is 2.38. The number of thioether (sulfide) groups is 1. The highest BCUT2D eigenvalue weighted by molar-refractivity contribution is 7.99. The van der Waals surface area contributed by atoms with Gasteiger partial charge in [0.05, 0.1) is 5.75 Å². The van der Waals surface area contributed by atoms with Crippen LogP contribution in [0.15, 0.2) is 35.6 Å². The fourth-order valence-corrected chi connectivity index (χ4v) is 3.86. The van der Waals surface area contributed by atoms with E-state index < -0.39 is 0 Å². The highest BCUT2D eigenvalue weighted by Gasteiger charge is 2.15. The van der Waals surface area contributed by atoms with Crippen molar-refractivity contribution in [3.63, 3.8) is 0 Å². The Hall–Kier alpha value is -2.19. The Bertz CT molecular complexity index is 887. The monoisotopic (exact) mass is 373 g/mol. The molecule has 1 amide bonds. The maximum absolute atomic E-state index is 12.1. The molecule has 1 N–H and O–H groups in total. The second-order valence-electron chi connectivity index (χ2n) is 5.53. The van der Waals surface area contributed by atoms with Crippen LogP contribution in [0.5, 0.6) is 0 Å². The van der Waals surface area contributed by atoms with E-state index in [-0.39, 0.29) is 11.7 Å². The summed E-state index contributed by atoms with van der Waals surface area (Å²) in [5, 5.41) is 12.7. The first-order chi connectivity index (χ1) is 12.1. The molecule has 0 radical (unpaired) electrons. The van der Waals surface area contributed by atoms with Crippen molar-refractivity contribution in [2.24, 2.45) is 0 Å². The van der Waals surface area contributed by atoms with Gasteiger partial charge in [0, 0.05) is 23.2 Å². The Morgan fingerprint density at radius 3 is 2.84 bits per heavy atom. The lowest BCUT2D eigenvalue weighted by molar-refractivity contribution is -0.113. The van der Waals surface area contributed by atoms with Gasteiger partial charge in [-0.3, -0.25) is 4.79 Å². The second-order valence-corrected chi connectivity index (χ2v) is 7.71. The highest BCUT2D eigenvalue weighted by Crippen LogP contribution is 2.25. The van der Waals surface area contributed by atoms with Crippen LogP contribution in [0.4, 0.5) is 5.13 Å². The Balaban J connectivity index is 1.69. The van der Waals surface area contributed by atoms with Crippen molar-refractivity contribution in [3.8, 4) is 11.4 Å². The number of hydrogen-bond acceptors (Lipinski definition) is 6. The van der Waals surface area contributed by atoms with E-state index in [2.05, 4.69) is 39.6 Å². The van der Waals surface area contributed by atoms with Crippen LogP contribution in [0, 0.1) is 13.8 Å². The standard InChI is InChI=1S/C17H19N5OS2/c1-4-22-15(13-7-5-6-11(2)8-13)20-21-17(22)24-10-14(23)19-16-18-9-12(3)25-16/h5-9H,4,10H2,1-3H3,(H,18,19,23). The van der Waals surface area contributed by atoms with E-state index in [4.69, 9.17) is 0 Å². The molecular weight excluding hydrogens is 354 g/mol. The SMILES string of the molecule is CCn1c(SCC(=O)Nc2ncc(C)s2)nnc1-c1cccc(C)c1. The molecule has 0 unspecified atom stereocenters. The maximum Gasteiger partial charge on any atom is 0.236 e. The zero-order valence-electron chi connectivity index (χ0n) is 14.3. The Morgan fingerprint density at radius 1 is 1.32 bits per heavy atom. The molecule has 0 aliphatic rings. The molecular formula is C17H19N5OS2. The minimum Gasteiger partial charge on any atom is -0.302 e. The zero-order valence-corrected chi connectivity index (χ0v) is 15.9. The molecule has 2 aromatic heterocycles. The van der Waals surface area contributed by atoms with Gasteiger partial charge in [-0.15, -0.1) is 21.5 Å². The van der Waals surface area contributed by atoms with E-state index in [1.807, 2.05) is 30.5 Å². The van der Waals surface area contributed by atoms with Crippen LogP contribution in [0.25, 0.3) is 11.4 Å². The third kappa shape index (κ3) is 4.26. The highest BCUT2D eigenvalue weighted by atomic mass is 32.2. The largest absolute Gasteiger partial charge is 0.302 e. The number of rotatable bonds is 6. The van der Waals surface area contributed by atoms with E-state index in [0.29, 0.717) is 5.13 Å². The molecule has 3 rings (SSSR count). The van der Waals surface area contributed by atoms with Gasteiger partial charge in [-0.25, -0.2) is 4.98 Å². The van der Waals surface area contributed by atoms with Crippen molar-refractivity contribution in [3.05, 3.63) is 40.9 Å². The molecule has 0 aliphatic heterocycles. The van der Waals surface area contributed by atoms with Crippen molar-refractivity contribution in [1.82, 2.24) is 19.7 Å². The summed E-state index contributed by atoms with van der Waals surface area (Å²) in [7, 11) is 0. The predicted molar refractivity (Wildman–Crippen MR) is 102 cm³/mol. The number of hydrogen-bond donors (Lipinski definition) is 1. The number of nitrogens with zero attached hydrogens (tertiary/aromatic N) is 4. The molecule has 130 valence electrons. The van der Waals surface area contributed by atoms with Gasteiger partial charge in [0.15, 0.2) is 16.1 Å². The van der Waals surface area contributed by atoms with Crippen molar-refractivity contribution in [2.75, 3.05) is 11.1 Å². The van der Waals surface area contributed by atoms with E-state index in [9.17, 15) is 4.79 Å². The maximum atomic E-state index is 12.1. The van der Waals surface area contributed by atoms with Crippen molar-refractivity contribution >= 4 is 34.1 Å². The number of amides is 1. The second kappa shape index (κ2) is 7.79. The lowest BCUT2D eigenvalue weighted by atomic mass is 10.1. The van der Waals surface area contributed by atoms with Crippen LogP contribution in [0.3, 0.4) is 0 Å². The molecule has 3 aromatic rings. The van der Waals surface area contributed by atoms with Crippen molar-refractivity contribution in [1.29, 1.82) is 0 Å². The number of nitrogens with one attached hydrogen (secondary N) is 1. The Labute approximate surface area is 154 Å². The van der Waals surface area contributed by atoms with E-state index in [1.165, 1.54) is 28.7 Å². The predicted octanol–water partition coefficient (Wildman–Crippen LogP) is 3.77.